The first-order valence-electron chi connectivity index (χ1n) is 3.95. The summed E-state index contributed by atoms with van der Waals surface area (Å²) in [5.74, 6) is 1.10. The Balaban J connectivity index is 1.99. The van der Waals surface area contributed by atoms with Gasteiger partial charge in [0.05, 0.1) is 11.5 Å². The van der Waals surface area contributed by atoms with E-state index in [1.54, 1.807) is 18.0 Å². The van der Waals surface area contributed by atoms with E-state index in [2.05, 4.69) is 9.98 Å². The minimum absolute atomic E-state index is 0.0863. The molecule has 13 heavy (non-hydrogen) atoms. The van der Waals surface area contributed by atoms with Crippen LogP contribution in [0.2, 0.25) is 0 Å². The van der Waals surface area contributed by atoms with Gasteiger partial charge in [-0.2, -0.15) is 0 Å². The summed E-state index contributed by atoms with van der Waals surface area (Å²) in [5.41, 5.74) is 0. The van der Waals surface area contributed by atoms with Gasteiger partial charge in [0.1, 0.15) is 0 Å². The van der Waals surface area contributed by atoms with Gasteiger partial charge in [0, 0.05) is 23.9 Å². The molecule has 1 aromatic heterocycles. The van der Waals surface area contributed by atoms with Crippen molar-refractivity contribution in [2.75, 3.05) is 12.3 Å². The molecule has 1 aromatic rings. The molecule has 0 bridgehead atoms. The Morgan fingerprint density at radius 3 is 3.15 bits per heavy atom. The van der Waals surface area contributed by atoms with Gasteiger partial charge in [-0.3, -0.25) is 9.79 Å². The van der Waals surface area contributed by atoms with Gasteiger partial charge in [0.2, 0.25) is 0 Å². The van der Waals surface area contributed by atoms with Crippen LogP contribution in [0.3, 0.4) is 0 Å². The Labute approximate surface area is 84.3 Å². The molecular weight excluding hydrogens is 204 g/mol. The van der Waals surface area contributed by atoms with Crippen LogP contribution in [0.4, 0.5) is 0 Å². The molecule has 2 rings (SSSR count). The molecule has 68 valence electrons. The Kier molecular flexibility index (Phi) is 2.75. The van der Waals surface area contributed by atoms with Crippen molar-refractivity contribution in [3.05, 3.63) is 16.6 Å². The molecule has 0 radical (unpaired) electrons. The monoisotopic (exact) mass is 212 g/mol. The number of carbonyl (C=O) groups is 1. The first-order chi connectivity index (χ1) is 6.36. The lowest BCUT2D eigenvalue weighted by Gasteiger charge is -1.94. The standard InChI is InChI=1S/C8H8N2OS2/c11-6(8-10-2-4-13-8)5-7-9-1-3-12-7/h2,4H,1,3,5H2. The van der Waals surface area contributed by atoms with E-state index in [-0.39, 0.29) is 5.78 Å². The lowest BCUT2D eigenvalue weighted by atomic mass is 10.3. The number of hydrogen-bond acceptors (Lipinski definition) is 5. The largest absolute Gasteiger partial charge is 0.291 e. The van der Waals surface area contributed by atoms with Crippen LogP contribution in [0.25, 0.3) is 0 Å². The van der Waals surface area contributed by atoms with E-state index in [9.17, 15) is 4.79 Å². The van der Waals surface area contributed by atoms with Crippen LogP contribution in [-0.4, -0.2) is 28.1 Å². The molecular formula is C8H8N2OS2. The lowest BCUT2D eigenvalue weighted by Crippen LogP contribution is -2.03. The maximum absolute atomic E-state index is 11.5. The molecule has 0 fully saturated rings. The highest BCUT2D eigenvalue weighted by atomic mass is 32.2. The van der Waals surface area contributed by atoms with E-state index in [1.807, 2.05) is 5.38 Å². The maximum atomic E-state index is 11.5. The van der Waals surface area contributed by atoms with Gasteiger partial charge in [0.25, 0.3) is 0 Å². The summed E-state index contributed by atoms with van der Waals surface area (Å²) in [6, 6.07) is 0. The van der Waals surface area contributed by atoms with E-state index < -0.39 is 0 Å². The van der Waals surface area contributed by atoms with Crippen LogP contribution in [0.1, 0.15) is 16.2 Å². The fraction of sp³-hybridized carbons (Fsp3) is 0.375. The van der Waals surface area contributed by atoms with Crippen LogP contribution in [0.5, 0.6) is 0 Å². The van der Waals surface area contributed by atoms with Crippen LogP contribution in [0, 0.1) is 0 Å². The molecule has 5 heteroatoms. The molecule has 0 atom stereocenters. The van der Waals surface area contributed by atoms with Crippen molar-refractivity contribution in [2.24, 2.45) is 4.99 Å². The first kappa shape index (κ1) is 8.90. The summed E-state index contributed by atoms with van der Waals surface area (Å²) in [5, 5.41) is 3.37. The number of hydrogen-bond donors (Lipinski definition) is 0. The summed E-state index contributed by atoms with van der Waals surface area (Å²) >= 11 is 3.06. The zero-order chi connectivity index (χ0) is 9.10. The molecule has 0 aliphatic carbocycles. The number of ketones is 1. The number of thioether (sulfide) groups is 1. The van der Waals surface area contributed by atoms with Crippen LogP contribution in [-0.2, 0) is 0 Å². The van der Waals surface area contributed by atoms with Gasteiger partial charge in [-0.25, -0.2) is 4.98 Å². The molecule has 0 unspecified atom stereocenters. The number of rotatable bonds is 3. The third kappa shape index (κ3) is 2.16. The van der Waals surface area contributed by atoms with Crippen molar-refractivity contribution in [1.29, 1.82) is 0 Å². The van der Waals surface area contributed by atoms with Crippen molar-refractivity contribution in [1.82, 2.24) is 4.98 Å². The Bertz CT molecular complexity index is 332. The van der Waals surface area contributed by atoms with E-state index in [0.717, 1.165) is 17.3 Å². The third-order valence-electron chi connectivity index (χ3n) is 1.63. The summed E-state index contributed by atoms with van der Waals surface area (Å²) in [6.07, 6.45) is 2.08. The molecule has 0 N–H and O–H groups in total. The second kappa shape index (κ2) is 4.02. The lowest BCUT2D eigenvalue weighted by molar-refractivity contribution is 0.100. The minimum Gasteiger partial charge on any atom is -0.291 e. The van der Waals surface area contributed by atoms with Crippen molar-refractivity contribution in [3.63, 3.8) is 0 Å². The van der Waals surface area contributed by atoms with Crippen LogP contribution < -0.4 is 0 Å². The highest BCUT2D eigenvalue weighted by Gasteiger charge is 2.15. The van der Waals surface area contributed by atoms with Gasteiger partial charge in [-0.1, -0.05) is 0 Å². The molecule has 2 heterocycles. The van der Waals surface area contributed by atoms with E-state index in [1.165, 1.54) is 11.3 Å². The molecule has 1 aliphatic rings. The van der Waals surface area contributed by atoms with Gasteiger partial charge in [-0.15, -0.1) is 23.1 Å². The first-order valence-corrected chi connectivity index (χ1v) is 5.81. The zero-order valence-corrected chi connectivity index (χ0v) is 8.53. The summed E-state index contributed by atoms with van der Waals surface area (Å²) in [7, 11) is 0. The number of Topliss-reactive ketones (excluding diaryl/α,β-unsaturated/α-hetero) is 1. The van der Waals surface area contributed by atoms with E-state index in [4.69, 9.17) is 0 Å². The van der Waals surface area contributed by atoms with Crippen LogP contribution in [0.15, 0.2) is 16.6 Å². The average Bonchev–Trinajstić information content (AvgIpc) is 2.74. The summed E-state index contributed by atoms with van der Waals surface area (Å²) in [6.45, 7) is 0.852. The Morgan fingerprint density at radius 1 is 1.62 bits per heavy atom. The molecule has 1 aliphatic heterocycles. The quantitative estimate of drug-likeness (QED) is 0.718. The smallest absolute Gasteiger partial charge is 0.197 e. The third-order valence-corrected chi connectivity index (χ3v) is 3.44. The second-order valence-corrected chi connectivity index (χ2v) is 4.62. The normalized spacial score (nSPS) is 15.8. The zero-order valence-electron chi connectivity index (χ0n) is 6.90. The molecule has 0 spiro atoms. The number of carbonyl (C=O) groups excluding carboxylic acids is 1. The summed E-state index contributed by atoms with van der Waals surface area (Å²) < 4.78 is 0. The fourth-order valence-corrected chi connectivity index (χ4v) is 2.47. The van der Waals surface area contributed by atoms with Gasteiger partial charge in [0.15, 0.2) is 10.8 Å². The van der Waals surface area contributed by atoms with Crippen molar-refractivity contribution in [2.45, 2.75) is 6.42 Å². The van der Waals surface area contributed by atoms with Crippen molar-refractivity contribution >= 4 is 33.9 Å². The van der Waals surface area contributed by atoms with Gasteiger partial charge in [-0.05, 0) is 0 Å². The molecule has 0 saturated heterocycles. The van der Waals surface area contributed by atoms with Crippen molar-refractivity contribution in [3.8, 4) is 0 Å². The fourth-order valence-electron chi connectivity index (χ4n) is 1.06. The highest BCUT2D eigenvalue weighted by molar-refractivity contribution is 8.14. The second-order valence-electron chi connectivity index (χ2n) is 2.56. The Morgan fingerprint density at radius 2 is 2.54 bits per heavy atom. The molecule has 0 aromatic carbocycles. The van der Waals surface area contributed by atoms with Crippen molar-refractivity contribution < 1.29 is 4.79 Å². The number of aromatic nitrogens is 1. The predicted octanol–water partition coefficient (Wildman–Crippen LogP) is 1.86. The average molecular weight is 212 g/mol. The van der Waals surface area contributed by atoms with E-state index in [0.29, 0.717) is 11.4 Å². The SMILES string of the molecule is O=C(CC1=NCCS1)c1nccs1. The Hall–Kier alpha value is -0.680. The summed E-state index contributed by atoms with van der Waals surface area (Å²) in [4.78, 5) is 19.7. The number of thiazole rings is 1. The number of nitrogens with zero attached hydrogens (tertiary/aromatic N) is 2. The van der Waals surface area contributed by atoms with Crippen LogP contribution >= 0.6 is 23.1 Å². The van der Waals surface area contributed by atoms with E-state index >= 15 is 0 Å². The highest BCUT2D eigenvalue weighted by Crippen LogP contribution is 2.17. The molecule has 3 nitrogen and oxygen atoms in total. The number of aliphatic imine (C=N–C) groups is 1. The minimum atomic E-state index is 0.0863. The molecule has 0 saturated carbocycles. The van der Waals surface area contributed by atoms with Gasteiger partial charge >= 0.3 is 0 Å². The maximum Gasteiger partial charge on any atom is 0.197 e. The molecule has 0 amide bonds. The predicted molar refractivity (Wildman–Crippen MR) is 55.8 cm³/mol. The topological polar surface area (TPSA) is 42.3 Å². The van der Waals surface area contributed by atoms with Gasteiger partial charge < -0.3 is 0 Å².